The Morgan fingerprint density at radius 2 is 2.16 bits per heavy atom. The van der Waals surface area contributed by atoms with Crippen molar-refractivity contribution >= 4 is 10.9 Å². The number of H-pyrrole nitrogens is 1. The molecule has 0 radical (unpaired) electrons. The number of rotatable bonds is 4. The lowest BCUT2D eigenvalue weighted by atomic mass is 10.1. The van der Waals surface area contributed by atoms with Gasteiger partial charge in [0.2, 0.25) is 5.89 Å². The van der Waals surface area contributed by atoms with Crippen molar-refractivity contribution in [3.05, 3.63) is 47.2 Å². The van der Waals surface area contributed by atoms with E-state index in [4.69, 9.17) is 4.52 Å². The molecule has 0 spiro atoms. The van der Waals surface area contributed by atoms with Gasteiger partial charge >= 0.3 is 0 Å². The van der Waals surface area contributed by atoms with Crippen LogP contribution in [0.1, 0.15) is 29.8 Å². The molecule has 3 aromatic rings. The lowest BCUT2D eigenvalue weighted by Crippen LogP contribution is -1.91. The molecule has 0 aliphatic carbocycles. The molecule has 0 aliphatic heterocycles. The number of fused-ring (bicyclic) bond motifs is 1. The zero-order valence-electron chi connectivity index (χ0n) is 11.2. The van der Waals surface area contributed by atoms with E-state index in [1.54, 1.807) is 0 Å². The first-order valence-corrected chi connectivity index (χ1v) is 6.64. The lowest BCUT2D eigenvalue weighted by molar-refractivity contribution is 0.373. The van der Waals surface area contributed by atoms with Crippen LogP contribution >= 0.6 is 0 Å². The van der Waals surface area contributed by atoms with Crippen molar-refractivity contribution in [3.8, 4) is 0 Å². The number of nitrogens with zero attached hydrogens (tertiary/aromatic N) is 2. The molecule has 98 valence electrons. The van der Waals surface area contributed by atoms with Crippen molar-refractivity contribution in [2.75, 3.05) is 0 Å². The number of hydrogen-bond donors (Lipinski definition) is 1. The highest BCUT2D eigenvalue weighted by Crippen LogP contribution is 2.21. The summed E-state index contributed by atoms with van der Waals surface area (Å²) in [7, 11) is 0. The third kappa shape index (κ3) is 2.38. The second-order valence-electron chi connectivity index (χ2n) is 4.82. The van der Waals surface area contributed by atoms with E-state index in [9.17, 15) is 0 Å². The van der Waals surface area contributed by atoms with Gasteiger partial charge in [-0.2, -0.15) is 4.98 Å². The van der Waals surface area contributed by atoms with Crippen LogP contribution in [0.3, 0.4) is 0 Å². The van der Waals surface area contributed by atoms with Gasteiger partial charge in [-0.3, -0.25) is 0 Å². The van der Waals surface area contributed by atoms with Gasteiger partial charge in [0.25, 0.3) is 0 Å². The standard InChI is InChI=1S/C15H17N3O/c1-3-14-17-15(19-18-14)7-5-11-9-16-13-6-4-10(2)8-12(11)13/h4,6,8-9,16H,3,5,7H2,1-2H3. The molecular weight excluding hydrogens is 238 g/mol. The summed E-state index contributed by atoms with van der Waals surface area (Å²) in [6.07, 6.45) is 4.58. The molecule has 0 unspecified atom stereocenters. The second-order valence-corrected chi connectivity index (χ2v) is 4.82. The van der Waals surface area contributed by atoms with Crippen LogP contribution in [0.4, 0.5) is 0 Å². The highest BCUT2D eigenvalue weighted by Gasteiger charge is 2.08. The molecule has 19 heavy (non-hydrogen) atoms. The smallest absolute Gasteiger partial charge is 0.226 e. The molecule has 4 nitrogen and oxygen atoms in total. The summed E-state index contributed by atoms with van der Waals surface area (Å²) >= 11 is 0. The van der Waals surface area contributed by atoms with E-state index < -0.39 is 0 Å². The predicted octanol–water partition coefficient (Wildman–Crippen LogP) is 3.21. The van der Waals surface area contributed by atoms with Crippen LogP contribution < -0.4 is 0 Å². The molecule has 1 aromatic carbocycles. The lowest BCUT2D eigenvalue weighted by Gasteiger charge is -1.98. The van der Waals surface area contributed by atoms with Crippen LogP contribution in [0.2, 0.25) is 0 Å². The largest absolute Gasteiger partial charge is 0.361 e. The maximum Gasteiger partial charge on any atom is 0.226 e. The average molecular weight is 255 g/mol. The number of benzene rings is 1. The Morgan fingerprint density at radius 3 is 2.95 bits per heavy atom. The SMILES string of the molecule is CCc1noc(CCc2c[nH]c3ccc(C)cc23)n1. The Hall–Kier alpha value is -2.10. The topological polar surface area (TPSA) is 54.7 Å². The zero-order chi connectivity index (χ0) is 13.2. The van der Waals surface area contributed by atoms with Crippen LogP contribution in [0.5, 0.6) is 0 Å². The molecule has 1 N–H and O–H groups in total. The quantitative estimate of drug-likeness (QED) is 0.778. The third-order valence-corrected chi connectivity index (χ3v) is 3.36. The van der Waals surface area contributed by atoms with Crippen molar-refractivity contribution in [2.24, 2.45) is 0 Å². The summed E-state index contributed by atoms with van der Waals surface area (Å²) < 4.78 is 5.22. The maximum absolute atomic E-state index is 5.22. The van der Waals surface area contributed by atoms with Crippen molar-refractivity contribution in [2.45, 2.75) is 33.1 Å². The van der Waals surface area contributed by atoms with E-state index in [0.29, 0.717) is 0 Å². The van der Waals surface area contributed by atoms with Gasteiger partial charge in [0, 0.05) is 29.9 Å². The molecule has 2 aromatic heterocycles. The summed E-state index contributed by atoms with van der Waals surface area (Å²) in [5.41, 5.74) is 3.76. The van der Waals surface area contributed by atoms with Crippen LogP contribution in [0.25, 0.3) is 10.9 Å². The maximum atomic E-state index is 5.22. The van der Waals surface area contributed by atoms with Gasteiger partial charge in [-0.1, -0.05) is 23.7 Å². The second kappa shape index (κ2) is 4.88. The zero-order valence-corrected chi connectivity index (χ0v) is 11.2. The van der Waals surface area contributed by atoms with E-state index in [1.807, 2.05) is 6.92 Å². The van der Waals surface area contributed by atoms with Gasteiger partial charge in [0.15, 0.2) is 5.82 Å². The number of aromatic amines is 1. The number of nitrogens with one attached hydrogen (secondary N) is 1. The Kier molecular flexibility index (Phi) is 3.07. The van der Waals surface area contributed by atoms with Gasteiger partial charge in [-0.25, -0.2) is 0 Å². The number of aryl methyl sites for hydroxylation is 4. The molecule has 3 rings (SSSR count). The normalized spacial score (nSPS) is 11.3. The minimum Gasteiger partial charge on any atom is -0.361 e. The summed E-state index contributed by atoms with van der Waals surface area (Å²) in [5, 5.41) is 5.20. The van der Waals surface area contributed by atoms with Crippen LogP contribution in [-0.4, -0.2) is 15.1 Å². The molecule has 0 saturated carbocycles. The van der Waals surface area contributed by atoms with E-state index in [2.05, 4.69) is 46.4 Å². The Labute approximate surface area is 111 Å². The summed E-state index contributed by atoms with van der Waals surface area (Å²) in [4.78, 5) is 7.64. The minimum absolute atomic E-state index is 0.721. The van der Waals surface area contributed by atoms with E-state index in [1.165, 1.54) is 22.0 Å². The highest BCUT2D eigenvalue weighted by molar-refractivity contribution is 5.83. The summed E-state index contributed by atoms with van der Waals surface area (Å²) in [6.45, 7) is 4.14. The van der Waals surface area contributed by atoms with Crippen LogP contribution in [0.15, 0.2) is 28.9 Å². The molecule has 4 heteroatoms. The monoisotopic (exact) mass is 255 g/mol. The number of hydrogen-bond acceptors (Lipinski definition) is 3. The molecule has 2 heterocycles. The van der Waals surface area contributed by atoms with Gasteiger partial charge < -0.3 is 9.51 Å². The minimum atomic E-state index is 0.721. The van der Waals surface area contributed by atoms with Gasteiger partial charge in [0.05, 0.1) is 0 Å². The molecular formula is C15H17N3O. The first kappa shape index (κ1) is 12.0. The average Bonchev–Trinajstić information content (AvgIpc) is 3.02. The Balaban J connectivity index is 1.79. The fourth-order valence-electron chi connectivity index (χ4n) is 2.28. The van der Waals surface area contributed by atoms with Gasteiger partial charge in [-0.05, 0) is 31.0 Å². The molecule has 0 bridgehead atoms. The van der Waals surface area contributed by atoms with Crippen LogP contribution in [-0.2, 0) is 19.3 Å². The van der Waals surface area contributed by atoms with Crippen LogP contribution in [0, 0.1) is 6.92 Å². The van der Waals surface area contributed by atoms with Crippen molar-refractivity contribution in [1.29, 1.82) is 0 Å². The summed E-state index contributed by atoms with van der Waals surface area (Å²) in [5.74, 6) is 1.50. The van der Waals surface area contributed by atoms with Gasteiger partial charge in [-0.15, -0.1) is 0 Å². The Bertz CT molecular complexity index is 696. The van der Waals surface area contributed by atoms with Crippen molar-refractivity contribution in [3.63, 3.8) is 0 Å². The summed E-state index contributed by atoms with van der Waals surface area (Å²) in [6, 6.07) is 6.46. The predicted molar refractivity (Wildman–Crippen MR) is 74.1 cm³/mol. The molecule has 0 saturated heterocycles. The van der Waals surface area contributed by atoms with E-state index >= 15 is 0 Å². The van der Waals surface area contributed by atoms with E-state index in [-0.39, 0.29) is 0 Å². The van der Waals surface area contributed by atoms with E-state index in [0.717, 1.165) is 31.0 Å². The third-order valence-electron chi connectivity index (χ3n) is 3.36. The Morgan fingerprint density at radius 1 is 1.26 bits per heavy atom. The number of aromatic nitrogens is 3. The van der Waals surface area contributed by atoms with Gasteiger partial charge in [0.1, 0.15) is 0 Å². The fourth-order valence-corrected chi connectivity index (χ4v) is 2.28. The van der Waals surface area contributed by atoms with Crippen molar-refractivity contribution < 1.29 is 4.52 Å². The molecule has 0 aliphatic rings. The fraction of sp³-hybridized carbons (Fsp3) is 0.333. The molecule has 0 fully saturated rings. The first-order valence-electron chi connectivity index (χ1n) is 6.64. The molecule has 0 amide bonds. The first-order chi connectivity index (χ1) is 9.26. The highest BCUT2D eigenvalue weighted by atomic mass is 16.5. The van der Waals surface area contributed by atoms with Crippen molar-refractivity contribution in [1.82, 2.24) is 15.1 Å². The molecule has 0 atom stereocenters.